The van der Waals surface area contributed by atoms with Gasteiger partial charge in [0.2, 0.25) is 0 Å². The molecule has 0 saturated carbocycles. The van der Waals surface area contributed by atoms with Crippen LogP contribution in [-0.4, -0.2) is 74.2 Å². The van der Waals surface area contributed by atoms with Crippen molar-refractivity contribution in [2.75, 3.05) is 52.9 Å². The Bertz CT molecular complexity index is 237. The summed E-state index contributed by atoms with van der Waals surface area (Å²) in [6.45, 7) is 11.4. The Morgan fingerprint density at radius 1 is 1.20 bits per heavy atom. The molecule has 0 radical (unpaired) electrons. The van der Waals surface area contributed by atoms with Crippen molar-refractivity contribution in [1.82, 2.24) is 0 Å². The first kappa shape index (κ1) is 10.9. The lowest BCUT2D eigenvalue weighted by atomic mass is 10.1. The summed E-state index contributed by atoms with van der Waals surface area (Å²) < 4.78 is 2.58. The van der Waals surface area contributed by atoms with Crippen LogP contribution in [0.15, 0.2) is 4.99 Å². The van der Waals surface area contributed by atoms with Gasteiger partial charge in [-0.05, 0) is 6.92 Å². The second-order valence-corrected chi connectivity index (χ2v) is 5.63. The van der Waals surface area contributed by atoms with Gasteiger partial charge >= 0.3 is 0 Å². The Balaban J connectivity index is 1.97. The van der Waals surface area contributed by atoms with Gasteiger partial charge < -0.3 is 14.7 Å². The van der Waals surface area contributed by atoms with E-state index >= 15 is 0 Å². The van der Waals surface area contributed by atoms with Crippen LogP contribution in [0.2, 0.25) is 0 Å². The van der Waals surface area contributed by atoms with E-state index in [2.05, 4.69) is 19.0 Å². The van der Waals surface area contributed by atoms with Crippen molar-refractivity contribution in [2.24, 2.45) is 10.7 Å². The van der Waals surface area contributed by atoms with Gasteiger partial charge in [-0.25, -0.2) is 0 Å². The molecule has 0 spiro atoms. The Kier molecular flexibility index (Phi) is 2.73. The number of quaternary nitrogens is 2. The molecular formula is C11H24N4+2. The highest BCUT2D eigenvalue weighted by Crippen LogP contribution is 2.25. The zero-order valence-electron chi connectivity index (χ0n) is 10.0. The molecule has 2 N–H and O–H groups in total. The number of nitrogens with zero attached hydrogens (tertiary/aromatic N) is 3. The zero-order chi connectivity index (χ0) is 10.9. The highest BCUT2D eigenvalue weighted by molar-refractivity contribution is 5.51. The van der Waals surface area contributed by atoms with Crippen molar-refractivity contribution in [3.63, 3.8) is 0 Å². The maximum Gasteiger partial charge on any atom is 0.129 e. The van der Waals surface area contributed by atoms with E-state index in [1.165, 1.54) is 61.1 Å². The van der Waals surface area contributed by atoms with E-state index in [1.54, 1.807) is 0 Å². The molecule has 1 atom stereocenters. The van der Waals surface area contributed by atoms with Crippen molar-refractivity contribution in [3.8, 4) is 0 Å². The molecule has 3 saturated heterocycles. The minimum atomic E-state index is 0.380. The van der Waals surface area contributed by atoms with E-state index in [0.717, 1.165) is 0 Å². The highest BCUT2D eigenvalue weighted by atomic mass is 15.5. The first-order chi connectivity index (χ1) is 7.08. The molecule has 4 nitrogen and oxygen atoms in total. The van der Waals surface area contributed by atoms with Gasteiger partial charge in [0.05, 0.1) is 19.4 Å². The second kappa shape index (κ2) is 3.76. The van der Waals surface area contributed by atoms with Crippen molar-refractivity contribution < 1.29 is 8.97 Å². The molecule has 0 aromatic heterocycles. The normalized spacial score (nSPS) is 42.3. The van der Waals surface area contributed by atoms with Crippen LogP contribution < -0.4 is 5.73 Å². The van der Waals surface area contributed by atoms with E-state index in [0.29, 0.717) is 6.04 Å². The van der Waals surface area contributed by atoms with Gasteiger partial charge in [0, 0.05) is 0 Å². The molecule has 3 rings (SSSR count). The quantitative estimate of drug-likeness (QED) is 0.388. The minimum absolute atomic E-state index is 0.380. The summed E-state index contributed by atoms with van der Waals surface area (Å²) in [5.41, 5.74) is 5.35. The number of rotatable bonds is 3. The number of hydrogen-bond acceptors (Lipinski definition) is 1. The fourth-order valence-corrected chi connectivity index (χ4v) is 3.06. The largest absolute Gasteiger partial charge is 0.390 e. The predicted molar refractivity (Wildman–Crippen MR) is 62.7 cm³/mol. The van der Waals surface area contributed by atoms with Crippen molar-refractivity contribution in [3.05, 3.63) is 0 Å². The molecule has 0 aromatic rings. The number of aliphatic imine (C=N–C) groups is 1. The molecule has 3 aliphatic rings. The van der Waals surface area contributed by atoms with Gasteiger partial charge in [0.1, 0.15) is 45.8 Å². The number of fused-ring (bicyclic) bond motifs is 3. The van der Waals surface area contributed by atoms with E-state index in [9.17, 15) is 0 Å². The SMILES string of the molecule is C[C@@H](C[N+]12CC[N+](C)(CC1)CC2)N=CN. The summed E-state index contributed by atoms with van der Waals surface area (Å²) in [6, 6.07) is 0.380. The topological polar surface area (TPSA) is 38.4 Å². The van der Waals surface area contributed by atoms with Gasteiger partial charge in [-0.2, -0.15) is 0 Å². The standard InChI is InChI=1S/C11H24N4/c1-11(13-10-12)9-15-6-3-14(2,4-7-15)5-8-15/h10-11H,3-9H2,1-2H3,(H2,12,13)/q+2/t11-,14?,15?/m0/s1. The molecule has 3 heterocycles. The van der Waals surface area contributed by atoms with E-state index in [-0.39, 0.29) is 0 Å². The predicted octanol–water partition coefficient (Wildman–Crippen LogP) is -0.347. The molecule has 2 bridgehead atoms. The Morgan fingerprint density at radius 2 is 1.73 bits per heavy atom. The lowest BCUT2D eigenvalue weighted by Gasteiger charge is -2.54. The van der Waals surface area contributed by atoms with Crippen molar-refractivity contribution in [1.29, 1.82) is 0 Å². The van der Waals surface area contributed by atoms with Crippen LogP contribution in [0.5, 0.6) is 0 Å². The Hall–Kier alpha value is -0.610. The summed E-state index contributed by atoms with van der Waals surface area (Å²) in [4.78, 5) is 4.28. The Morgan fingerprint density at radius 3 is 2.20 bits per heavy atom. The van der Waals surface area contributed by atoms with Gasteiger partial charge in [-0.1, -0.05) is 0 Å². The van der Waals surface area contributed by atoms with Gasteiger partial charge in [0.15, 0.2) is 0 Å². The molecule has 0 unspecified atom stereocenters. The number of nitrogens with two attached hydrogens (primary N) is 1. The van der Waals surface area contributed by atoms with Crippen LogP contribution in [0.3, 0.4) is 0 Å². The van der Waals surface area contributed by atoms with Crippen LogP contribution in [0.4, 0.5) is 0 Å². The molecule has 0 aliphatic carbocycles. The maximum absolute atomic E-state index is 5.35. The van der Waals surface area contributed by atoms with Gasteiger partial charge in [-0.15, -0.1) is 0 Å². The summed E-state index contributed by atoms with van der Waals surface area (Å²) in [6.07, 6.45) is 1.46. The number of hydrogen-bond donors (Lipinski definition) is 1. The highest BCUT2D eigenvalue weighted by Gasteiger charge is 2.46. The first-order valence-corrected chi connectivity index (χ1v) is 6.00. The third-order valence-electron chi connectivity index (χ3n) is 4.33. The molecule has 3 aliphatic heterocycles. The molecule has 4 heteroatoms. The fraction of sp³-hybridized carbons (Fsp3) is 0.909. The lowest BCUT2D eigenvalue weighted by Crippen LogP contribution is -2.74. The molecule has 0 aromatic carbocycles. The monoisotopic (exact) mass is 212 g/mol. The van der Waals surface area contributed by atoms with Crippen LogP contribution in [0.25, 0.3) is 0 Å². The third-order valence-corrected chi connectivity index (χ3v) is 4.33. The summed E-state index contributed by atoms with van der Waals surface area (Å²) in [5, 5.41) is 0. The van der Waals surface area contributed by atoms with Gasteiger partial charge in [0.25, 0.3) is 0 Å². The van der Waals surface area contributed by atoms with E-state index in [1.807, 2.05) is 0 Å². The third kappa shape index (κ3) is 2.16. The molecule has 86 valence electrons. The Labute approximate surface area is 92.6 Å². The van der Waals surface area contributed by atoms with Crippen molar-refractivity contribution in [2.45, 2.75) is 13.0 Å². The summed E-state index contributed by atoms with van der Waals surface area (Å²) >= 11 is 0. The lowest BCUT2D eigenvalue weighted by molar-refractivity contribution is -1.07. The molecule has 15 heavy (non-hydrogen) atoms. The van der Waals surface area contributed by atoms with E-state index < -0.39 is 0 Å². The smallest absolute Gasteiger partial charge is 0.129 e. The zero-order valence-corrected chi connectivity index (χ0v) is 10.0. The summed E-state index contributed by atoms with van der Waals surface area (Å²) in [5.74, 6) is 0. The minimum Gasteiger partial charge on any atom is -0.390 e. The first-order valence-electron chi connectivity index (χ1n) is 6.00. The molecule has 3 fully saturated rings. The number of likely N-dealkylation sites (N-methyl/N-ethyl adjacent to an activating group) is 1. The second-order valence-electron chi connectivity index (χ2n) is 5.63. The van der Waals surface area contributed by atoms with E-state index in [4.69, 9.17) is 5.73 Å². The summed E-state index contributed by atoms with van der Waals surface area (Å²) in [7, 11) is 2.40. The molecular weight excluding hydrogens is 188 g/mol. The average molecular weight is 212 g/mol. The molecule has 0 amide bonds. The van der Waals surface area contributed by atoms with Crippen LogP contribution in [0, 0.1) is 0 Å². The maximum atomic E-state index is 5.35. The average Bonchev–Trinajstić information content (AvgIpc) is 2.21. The van der Waals surface area contributed by atoms with Crippen molar-refractivity contribution >= 4 is 6.34 Å². The van der Waals surface area contributed by atoms with Crippen LogP contribution >= 0.6 is 0 Å². The fourth-order valence-electron chi connectivity index (χ4n) is 3.06. The van der Waals surface area contributed by atoms with Gasteiger partial charge in [-0.3, -0.25) is 4.99 Å². The van der Waals surface area contributed by atoms with Crippen LogP contribution in [-0.2, 0) is 0 Å². The van der Waals surface area contributed by atoms with Crippen LogP contribution in [0.1, 0.15) is 6.92 Å². The number of piperazine rings is 3.